The number of aliphatic hydroxyl groups excluding tert-OH is 1. The van der Waals surface area contributed by atoms with Gasteiger partial charge in [-0.15, -0.1) is 0 Å². The van der Waals surface area contributed by atoms with E-state index < -0.39 is 0 Å². The third kappa shape index (κ3) is 4.07. The van der Waals surface area contributed by atoms with Crippen LogP contribution in [0.1, 0.15) is 38.5 Å². The summed E-state index contributed by atoms with van der Waals surface area (Å²) in [5.74, 6) is 0. The molecule has 3 heteroatoms. The van der Waals surface area contributed by atoms with Crippen molar-refractivity contribution in [2.24, 2.45) is 5.73 Å². The Kier molecular flexibility index (Phi) is 4.70. The van der Waals surface area contributed by atoms with Crippen molar-refractivity contribution in [3.8, 4) is 0 Å². The highest BCUT2D eigenvalue weighted by molar-refractivity contribution is 4.86. The van der Waals surface area contributed by atoms with Gasteiger partial charge in [-0.05, 0) is 19.3 Å². The van der Waals surface area contributed by atoms with Gasteiger partial charge >= 0.3 is 0 Å². The van der Waals surface area contributed by atoms with E-state index in [4.69, 9.17) is 15.6 Å². The second-order valence-electron chi connectivity index (χ2n) is 4.05. The third-order valence-electron chi connectivity index (χ3n) is 2.69. The molecule has 0 unspecified atom stereocenters. The largest absolute Gasteiger partial charge is 0.396 e. The quantitative estimate of drug-likeness (QED) is 0.632. The van der Waals surface area contributed by atoms with E-state index in [1.165, 1.54) is 19.3 Å². The molecule has 1 saturated carbocycles. The molecule has 0 bridgehead atoms. The summed E-state index contributed by atoms with van der Waals surface area (Å²) in [6, 6.07) is 0. The van der Waals surface area contributed by atoms with Crippen LogP contribution in [-0.4, -0.2) is 30.5 Å². The molecule has 1 rings (SSSR count). The second kappa shape index (κ2) is 5.58. The monoisotopic (exact) mass is 187 g/mol. The summed E-state index contributed by atoms with van der Waals surface area (Å²) < 4.78 is 5.43. The van der Waals surface area contributed by atoms with Crippen LogP contribution in [0.15, 0.2) is 0 Å². The summed E-state index contributed by atoms with van der Waals surface area (Å²) in [4.78, 5) is 0. The van der Waals surface area contributed by atoms with Gasteiger partial charge in [0.1, 0.15) is 0 Å². The second-order valence-corrected chi connectivity index (χ2v) is 4.05. The van der Waals surface area contributed by atoms with Gasteiger partial charge in [-0.1, -0.05) is 19.3 Å². The first-order valence-electron chi connectivity index (χ1n) is 5.24. The summed E-state index contributed by atoms with van der Waals surface area (Å²) in [6.45, 7) is 1.50. The van der Waals surface area contributed by atoms with E-state index in [9.17, 15) is 0 Å². The molecule has 3 N–H and O–H groups in total. The molecular weight excluding hydrogens is 166 g/mol. The lowest BCUT2D eigenvalue weighted by molar-refractivity contribution is 0.0593. The number of rotatable bonds is 5. The van der Waals surface area contributed by atoms with Crippen LogP contribution in [0.3, 0.4) is 0 Å². The molecule has 0 atom stereocenters. The molecule has 1 aliphatic rings. The van der Waals surface area contributed by atoms with Crippen molar-refractivity contribution < 1.29 is 9.84 Å². The van der Waals surface area contributed by atoms with Crippen LogP contribution in [-0.2, 0) is 4.74 Å². The van der Waals surface area contributed by atoms with E-state index in [0.717, 1.165) is 19.3 Å². The average Bonchev–Trinajstić information content (AvgIpc) is 2.14. The molecule has 0 saturated heterocycles. The summed E-state index contributed by atoms with van der Waals surface area (Å²) in [5.41, 5.74) is 6.08. The van der Waals surface area contributed by atoms with Crippen molar-refractivity contribution >= 4 is 0 Å². The minimum absolute atomic E-state index is 0.0757. The SMILES string of the molecule is NC1(COCCCO)CCCCC1. The van der Waals surface area contributed by atoms with Crippen LogP contribution in [0.25, 0.3) is 0 Å². The van der Waals surface area contributed by atoms with Gasteiger partial charge in [0.25, 0.3) is 0 Å². The van der Waals surface area contributed by atoms with Gasteiger partial charge in [0.05, 0.1) is 6.61 Å². The molecule has 0 spiro atoms. The van der Waals surface area contributed by atoms with Crippen molar-refractivity contribution in [2.75, 3.05) is 19.8 Å². The standard InChI is InChI=1S/C10H21NO2/c11-10(5-2-1-3-6-10)9-13-8-4-7-12/h12H,1-9,11H2. The average molecular weight is 187 g/mol. The Hall–Kier alpha value is -0.120. The predicted octanol–water partition coefficient (Wildman–Crippen LogP) is 1.05. The number of aliphatic hydroxyl groups is 1. The zero-order valence-electron chi connectivity index (χ0n) is 8.30. The zero-order chi connectivity index (χ0) is 9.57. The minimum Gasteiger partial charge on any atom is -0.396 e. The number of hydrogen-bond acceptors (Lipinski definition) is 3. The molecule has 1 aliphatic carbocycles. The highest BCUT2D eigenvalue weighted by atomic mass is 16.5. The molecule has 0 aromatic heterocycles. The molecule has 13 heavy (non-hydrogen) atoms. The predicted molar refractivity (Wildman–Crippen MR) is 52.5 cm³/mol. The minimum atomic E-state index is -0.0757. The van der Waals surface area contributed by atoms with Gasteiger partial charge in [-0.2, -0.15) is 0 Å². The third-order valence-corrected chi connectivity index (χ3v) is 2.69. The van der Waals surface area contributed by atoms with Gasteiger partial charge in [0.2, 0.25) is 0 Å². The van der Waals surface area contributed by atoms with E-state index in [-0.39, 0.29) is 12.1 Å². The lowest BCUT2D eigenvalue weighted by Gasteiger charge is -2.32. The highest BCUT2D eigenvalue weighted by Gasteiger charge is 2.27. The maximum atomic E-state index is 8.56. The molecule has 78 valence electrons. The smallest absolute Gasteiger partial charge is 0.0646 e. The van der Waals surface area contributed by atoms with Crippen molar-refractivity contribution in [1.29, 1.82) is 0 Å². The summed E-state index contributed by atoms with van der Waals surface area (Å²) >= 11 is 0. The topological polar surface area (TPSA) is 55.5 Å². The van der Waals surface area contributed by atoms with Crippen LogP contribution in [0.5, 0.6) is 0 Å². The molecule has 0 amide bonds. The summed E-state index contributed by atoms with van der Waals surface area (Å²) in [7, 11) is 0. The summed E-state index contributed by atoms with van der Waals surface area (Å²) in [6.07, 6.45) is 6.68. The maximum absolute atomic E-state index is 8.56. The Balaban J connectivity index is 2.10. The number of ether oxygens (including phenoxy) is 1. The molecule has 0 radical (unpaired) electrons. The Morgan fingerprint density at radius 1 is 1.23 bits per heavy atom. The van der Waals surface area contributed by atoms with E-state index in [1.54, 1.807) is 0 Å². The molecule has 0 heterocycles. The fourth-order valence-corrected chi connectivity index (χ4v) is 1.84. The lowest BCUT2D eigenvalue weighted by atomic mass is 9.83. The van der Waals surface area contributed by atoms with Gasteiger partial charge in [-0.3, -0.25) is 0 Å². The molecule has 0 aromatic carbocycles. The normalized spacial score (nSPS) is 21.7. The van der Waals surface area contributed by atoms with Gasteiger partial charge in [-0.25, -0.2) is 0 Å². The lowest BCUT2D eigenvalue weighted by Crippen LogP contribution is -2.46. The molecule has 0 aromatic rings. The number of hydrogen-bond donors (Lipinski definition) is 2. The Labute approximate surface area is 80.3 Å². The van der Waals surface area contributed by atoms with Crippen LogP contribution in [0.2, 0.25) is 0 Å². The first-order chi connectivity index (χ1) is 6.27. The first-order valence-corrected chi connectivity index (χ1v) is 5.24. The fourth-order valence-electron chi connectivity index (χ4n) is 1.84. The zero-order valence-corrected chi connectivity index (χ0v) is 8.30. The van der Waals surface area contributed by atoms with Gasteiger partial charge in [0.15, 0.2) is 0 Å². The highest BCUT2D eigenvalue weighted by Crippen LogP contribution is 2.25. The maximum Gasteiger partial charge on any atom is 0.0646 e. The van der Waals surface area contributed by atoms with Crippen molar-refractivity contribution in [3.05, 3.63) is 0 Å². The first kappa shape index (κ1) is 11.0. The molecule has 1 fully saturated rings. The Bertz CT molecular complexity index is 133. The van der Waals surface area contributed by atoms with Crippen molar-refractivity contribution in [1.82, 2.24) is 0 Å². The van der Waals surface area contributed by atoms with Crippen LogP contribution in [0, 0.1) is 0 Å². The van der Waals surface area contributed by atoms with E-state index in [1.807, 2.05) is 0 Å². The van der Waals surface area contributed by atoms with E-state index >= 15 is 0 Å². The van der Waals surface area contributed by atoms with Crippen molar-refractivity contribution in [2.45, 2.75) is 44.1 Å². The van der Waals surface area contributed by atoms with Gasteiger partial charge < -0.3 is 15.6 Å². The van der Waals surface area contributed by atoms with Crippen LogP contribution in [0.4, 0.5) is 0 Å². The van der Waals surface area contributed by atoms with E-state index in [2.05, 4.69) is 0 Å². The number of nitrogens with two attached hydrogens (primary N) is 1. The molecular formula is C10H21NO2. The Morgan fingerprint density at radius 2 is 1.92 bits per heavy atom. The fraction of sp³-hybridized carbons (Fsp3) is 1.00. The molecule has 0 aliphatic heterocycles. The summed E-state index contributed by atoms with van der Waals surface area (Å²) in [5, 5.41) is 8.56. The van der Waals surface area contributed by atoms with Crippen LogP contribution >= 0.6 is 0 Å². The van der Waals surface area contributed by atoms with Crippen molar-refractivity contribution in [3.63, 3.8) is 0 Å². The van der Waals surface area contributed by atoms with Gasteiger partial charge in [0, 0.05) is 18.8 Å². The Morgan fingerprint density at radius 3 is 2.54 bits per heavy atom. The van der Waals surface area contributed by atoms with E-state index in [0.29, 0.717) is 13.2 Å². The molecule has 3 nitrogen and oxygen atoms in total. The van der Waals surface area contributed by atoms with Crippen LogP contribution < -0.4 is 5.73 Å².